The molecule has 2 unspecified atom stereocenters. The van der Waals surface area contributed by atoms with Gasteiger partial charge in [0.1, 0.15) is 5.75 Å². The molecule has 1 aliphatic rings. The number of rotatable bonds is 8. The molecule has 2 N–H and O–H groups in total. The summed E-state index contributed by atoms with van der Waals surface area (Å²) in [7, 11) is 0. The average molecular weight is 461 g/mol. The van der Waals surface area contributed by atoms with Gasteiger partial charge in [-0.15, -0.1) is 0 Å². The zero-order valence-electron chi connectivity index (χ0n) is 18.1. The van der Waals surface area contributed by atoms with Crippen LogP contribution in [-0.2, 0) is 22.6 Å². The number of benzene rings is 3. The van der Waals surface area contributed by atoms with Gasteiger partial charge in [-0.2, -0.15) is 0 Å². The van der Waals surface area contributed by atoms with E-state index in [9.17, 15) is 14.4 Å². The van der Waals surface area contributed by atoms with Crippen molar-refractivity contribution in [1.29, 1.82) is 0 Å². The van der Waals surface area contributed by atoms with Crippen LogP contribution in [0.15, 0.2) is 78.9 Å². The maximum absolute atomic E-state index is 12.4. The van der Waals surface area contributed by atoms with Crippen LogP contribution in [0.25, 0.3) is 11.1 Å². The highest BCUT2D eigenvalue weighted by atomic mass is 32.2. The molecule has 0 spiro atoms. The van der Waals surface area contributed by atoms with E-state index in [2.05, 4.69) is 10.6 Å². The predicted octanol–water partition coefficient (Wildman–Crippen LogP) is 4.33. The van der Waals surface area contributed by atoms with Crippen LogP contribution in [0.2, 0.25) is 0 Å². The molecule has 0 radical (unpaired) electrons. The van der Waals surface area contributed by atoms with E-state index >= 15 is 0 Å². The summed E-state index contributed by atoms with van der Waals surface area (Å²) >= 11 is 1.04. The Morgan fingerprint density at radius 1 is 0.970 bits per heavy atom. The molecule has 7 heteroatoms. The topological polar surface area (TPSA) is 84.5 Å². The fourth-order valence-corrected chi connectivity index (χ4v) is 4.39. The molecule has 2 atom stereocenters. The van der Waals surface area contributed by atoms with E-state index in [0.29, 0.717) is 18.7 Å². The van der Waals surface area contributed by atoms with Gasteiger partial charge in [0.05, 0.1) is 5.25 Å². The standard InChI is InChI=1S/C26H24N2O4S/c1-17(32-22-8-3-2-4-9-22)24(29)27-16-19-6-5-7-21(14-19)20-12-10-18(11-13-20)15-23-25(30)28-26(31)33-23/h2-14,17,23H,15-16H2,1H3,(H,27,29)(H,28,30,31). The van der Waals surface area contributed by atoms with E-state index in [1.165, 1.54) is 0 Å². The Morgan fingerprint density at radius 2 is 1.73 bits per heavy atom. The summed E-state index contributed by atoms with van der Waals surface area (Å²) in [5.74, 6) is 0.248. The maximum atomic E-state index is 12.4. The molecule has 3 aromatic rings. The Labute approximate surface area is 196 Å². The van der Waals surface area contributed by atoms with Crippen molar-refractivity contribution in [3.63, 3.8) is 0 Å². The van der Waals surface area contributed by atoms with Crippen molar-refractivity contribution in [2.45, 2.75) is 31.2 Å². The van der Waals surface area contributed by atoms with Gasteiger partial charge < -0.3 is 10.1 Å². The van der Waals surface area contributed by atoms with Gasteiger partial charge >= 0.3 is 0 Å². The smallest absolute Gasteiger partial charge is 0.286 e. The maximum Gasteiger partial charge on any atom is 0.286 e. The molecule has 1 saturated heterocycles. The lowest BCUT2D eigenvalue weighted by atomic mass is 10.00. The number of amides is 3. The molecule has 3 amide bonds. The Hall–Kier alpha value is -3.58. The average Bonchev–Trinajstić information content (AvgIpc) is 3.15. The Balaban J connectivity index is 1.34. The summed E-state index contributed by atoms with van der Waals surface area (Å²) in [6, 6.07) is 25.2. The van der Waals surface area contributed by atoms with Crippen LogP contribution in [-0.4, -0.2) is 28.4 Å². The van der Waals surface area contributed by atoms with Gasteiger partial charge in [-0.3, -0.25) is 19.7 Å². The van der Waals surface area contributed by atoms with E-state index in [4.69, 9.17) is 4.74 Å². The van der Waals surface area contributed by atoms with Crippen LogP contribution in [0, 0.1) is 0 Å². The third-order valence-corrected chi connectivity index (χ3v) is 6.28. The summed E-state index contributed by atoms with van der Waals surface area (Å²) in [4.78, 5) is 35.5. The monoisotopic (exact) mass is 460 g/mol. The van der Waals surface area contributed by atoms with E-state index in [1.807, 2.05) is 78.9 Å². The first-order chi connectivity index (χ1) is 16.0. The number of hydrogen-bond donors (Lipinski definition) is 2. The summed E-state index contributed by atoms with van der Waals surface area (Å²) in [5, 5.41) is 4.58. The SMILES string of the molecule is CC(Oc1ccccc1)C(=O)NCc1cccc(-c2ccc(CC3SC(=O)NC3=O)cc2)c1. The van der Waals surface area contributed by atoms with Crippen molar-refractivity contribution in [1.82, 2.24) is 10.6 Å². The van der Waals surface area contributed by atoms with E-state index in [-0.39, 0.29) is 22.3 Å². The minimum atomic E-state index is -0.599. The van der Waals surface area contributed by atoms with E-state index in [0.717, 1.165) is 34.0 Å². The molecule has 0 aromatic heterocycles. The Bertz CT molecular complexity index is 1150. The van der Waals surface area contributed by atoms with Crippen molar-refractivity contribution in [2.24, 2.45) is 0 Å². The first-order valence-corrected chi connectivity index (χ1v) is 11.5. The zero-order chi connectivity index (χ0) is 23.2. The number of imide groups is 1. The second-order valence-electron chi connectivity index (χ2n) is 7.78. The number of thioether (sulfide) groups is 1. The molecule has 168 valence electrons. The zero-order valence-corrected chi connectivity index (χ0v) is 18.9. The fourth-order valence-electron chi connectivity index (χ4n) is 3.53. The first kappa shape index (κ1) is 22.6. The van der Waals surface area contributed by atoms with Crippen molar-refractivity contribution >= 4 is 28.8 Å². The van der Waals surface area contributed by atoms with Crippen LogP contribution in [0.5, 0.6) is 5.75 Å². The predicted molar refractivity (Wildman–Crippen MR) is 129 cm³/mol. The van der Waals surface area contributed by atoms with Gasteiger partial charge in [0.25, 0.3) is 11.1 Å². The molecule has 33 heavy (non-hydrogen) atoms. The van der Waals surface area contributed by atoms with Gasteiger partial charge in [-0.25, -0.2) is 0 Å². The minimum Gasteiger partial charge on any atom is -0.481 e. The summed E-state index contributed by atoms with van der Waals surface area (Å²) < 4.78 is 5.67. The molecule has 4 rings (SSSR count). The fraction of sp³-hybridized carbons (Fsp3) is 0.192. The summed E-state index contributed by atoms with van der Waals surface area (Å²) in [6.07, 6.45) is -0.0868. The third-order valence-electron chi connectivity index (χ3n) is 5.29. The quantitative estimate of drug-likeness (QED) is 0.523. The van der Waals surface area contributed by atoms with Crippen LogP contribution in [0.1, 0.15) is 18.1 Å². The number of nitrogens with one attached hydrogen (secondary N) is 2. The molecule has 6 nitrogen and oxygen atoms in total. The largest absolute Gasteiger partial charge is 0.481 e. The minimum absolute atomic E-state index is 0.180. The van der Waals surface area contributed by atoms with Gasteiger partial charge in [0, 0.05) is 6.54 Å². The number of ether oxygens (including phenoxy) is 1. The first-order valence-electron chi connectivity index (χ1n) is 10.7. The summed E-state index contributed by atoms with van der Waals surface area (Å²) in [5.41, 5.74) is 4.05. The van der Waals surface area contributed by atoms with Crippen LogP contribution >= 0.6 is 11.8 Å². The second-order valence-corrected chi connectivity index (χ2v) is 8.95. The number of hydrogen-bond acceptors (Lipinski definition) is 5. The molecule has 1 fully saturated rings. The van der Waals surface area contributed by atoms with E-state index in [1.54, 1.807) is 6.92 Å². The van der Waals surface area contributed by atoms with Gasteiger partial charge in [-0.1, -0.05) is 72.4 Å². The highest BCUT2D eigenvalue weighted by molar-refractivity contribution is 8.15. The molecule has 0 aliphatic carbocycles. The third kappa shape index (κ3) is 6.02. The lowest BCUT2D eigenvalue weighted by molar-refractivity contribution is -0.127. The van der Waals surface area contributed by atoms with Crippen molar-refractivity contribution in [3.05, 3.63) is 90.0 Å². The lowest BCUT2D eigenvalue weighted by Gasteiger charge is -2.15. The summed E-state index contributed by atoms with van der Waals surface area (Å²) in [6.45, 7) is 2.12. The lowest BCUT2D eigenvalue weighted by Crippen LogP contribution is -2.35. The molecular weight excluding hydrogens is 436 g/mol. The van der Waals surface area contributed by atoms with Crippen molar-refractivity contribution < 1.29 is 19.1 Å². The molecule has 0 bridgehead atoms. The van der Waals surface area contributed by atoms with Gasteiger partial charge in [-0.05, 0) is 53.8 Å². The normalized spacial score (nSPS) is 16.2. The van der Waals surface area contributed by atoms with Crippen molar-refractivity contribution in [2.75, 3.05) is 0 Å². The highest BCUT2D eigenvalue weighted by Crippen LogP contribution is 2.25. The molecule has 1 heterocycles. The van der Waals surface area contributed by atoms with Gasteiger partial charge in [0.2, 0.25) is 5.91 Å². The molecule has 1 aliphatic heterocycles. The second kappa shape index (κ2) is 10.4. The highest BCUT2D eigenvalue weighted by Gasteiger charge is 2.31. The Morgan fingerprint density at radius 3 is 2.42 bits per heavy atom. The van der Waals surface area contributed by atoms with Crippen LogP contribution in [0.3, 0.4) is 0 Å². The van der Waals surface area contributed by atoms with Crippen LogP contribution in [0.4, 0.5) is 4.79 Å². The number of carbonyl (C=O) groups is 3. The van der Waals surface area contributed by atoms with Crippen LogP contribution < -0.4 is 15.4 Å². The van der Waals surface area contributed by atoms with Gasteiger partial charge in [0.15, 0.2) is 6.10 Å². The molecule has 0 saturated carbocycles. The molecule has 3 aromatic carbocycles. The molecular formula is C26H24N2O4S. The van der Waals surface area contributed by atoms with Crippen molar-refractivity contribution in [3.8, 4) is 16.9 Å². The number of para-hydroxylation sites is 1. The number of carbonyl (C=O) groups excluding carboxylic acids is 3. The van der Waals surface area contributed by atoms with E-state index < -0.39 is 6.10 Å². The Kier molecular flexibility index (Phi) is 7.10.